The lowest BCUT2D eigenvalue weighted by atomic mass is 10.0. The van der Waals surface area contributed by atoms with Gasteiger partial charge >= 0.3 is 11.9 Å². The van der Waals surface area contributed by atoms with Crippen LogP contribution in [0.25, 0.3) is 0 Å². The van der Waals surface area contributed by atoms with Crippen LogP contribution in [0.3, 0.4) is 0 Å². The Hall–Kier alpha value is -3.96. The number of rotatable bonds is 51. The molecule has 1 N–H and O–H groups in total. The molecule has 1 atom stereocenters. The Kier molecular flexibility index (Phi) is 56.0. The summed E-state index contributed by atoms with van der Waals surface area (Å²) < 4.78 is 10.7. The summed E-state index contributed by atoms with van der Waals surface area (Å²) in [5.74, 6) is -0.605. The van der Waals surface area contributed by atoms with Gasteiger partial charge < -0.3 is 14.6 Å². The summed E-state index contributed by atoms with van der Waals surface area (Å²) in [4.78, 5) is 24.5. The van der Waals surface area contributed by atoms with Crippen LogP contribution in [0.4, 0.5) is 0 Å². The fourth-order valence-electron chi connectivity index (χ4n) is 7.68. The van der Waals surface area contributed by atoms with Gasteiger partial charge in [0.1, 0.15) is 6.61 Å². The average molecular weight is 968 g/mol. The minimum Gasteiger partial charge on any atom is -0.462 e. The van der Waals surface area contributed by atoms with E-state index >= 15 is 0 Å². The summed E-state index contributed by atoms with van der Waals surface area (Å²) in [6.45, 7) is 4.02. The molecule has 0 heterocycles. The van der Waals surface area contributed by atoms with E-state index < -0.39 is 6.10 Å². The van der Waals surface area contributed by atoms with Gasteiger partial charge in [0, 0.05) is 12.8 Å². The molecule has 0 aliphatic carbocycles. The monoisotopic (exact) mass is 967 g/mol. The first-order chi connectivity index (χ1) is 34.6. The largest absolute Gasteiger partial charge is 0.462 e. The number of carbonyl (C=O) groups excluding carboxylic acids is 2. The smallest absolute Gasteiger partial charge is 0.306 e. The molecule has 0 saturated heterocycles. The molecule has 0 aliphatic rings. The fraction of sp³-hybridized carbons (Fsp3) is 0.631. The predicted molar refractivity (Wildman–Crippen MR) is 306 cm³/mol. The minimum atomic E-state index is -0.784. The Morgan fingerprint density at radius 3 is 0.929 bits per heavy atom. The summed E-state index contributed by atoms with van der Waals surface area (Å²) in [6, 6.07) is 0. The topological polar surface area (TPSA) is 72.8 Å². The lowest BCUT2D eigenvalue weighted by molar-refractivity contribution is -0.161. The highest BCUT2D eigenvalue weighted by atomic mass is 16.6. The molecule has 0 amide bonds. The molecule has 5 heteroatoms. The van der Waals surface area contributed by atoms with E-state index in [-0.39, 0.29) is 25.2 Å². The van der Waals surface area contributed by atoms with Gasteiger partial charge in [0.2, 0.25) is 0 Å². The fourth-order valence-corrected chi connectivity index (χ4v) is 7.68. The molecule has 0 aromatic carbocycles. The quantitative estimate of drug-likeness (QED) is 0.0374. The maximum Gasteiger partial charge on any atom is 0.306 e. The van der Waals surface area contributed by atoms with Crippen LogP contribution in [0.1, 0.15) is 245 Å². The van der Waals surface area contributed by atoms with E-state index in [1.165, 1.54) is 103 Å². The second-order valence-corrected chi connectivity index (χ2v) is 18.6. The van der Waals surface area contributed by atoms with Crippen molar-refractivity contribution in [1.29, 1.82) is 0 Å². The Labute approximate surface area is 432 Å². The number of ether oxygens (including phenoxy) is 2. The Morgan fingerprint density at radius 1 is 0.343 bits per heavy atom. The summed E-state index contributed by atoms with van der Waals surface area (Å²) in [5.41, 5.74) is 0. The van der Waals surface area contributed by atoms with Crippen LogP contribution in [0.15, 0.2) is 134 Å². The van der Waals surface area contributed by atoms with Crippen LogP contribution in [0.5, 0.6) is 0 Å². The molecule has 70 heavy (non-hydrogen) atoms. The maximum absolute atomic E-state index is 12.3. The van der Waals surface area contributed by atoms with E-state index in [9.17, 15) is 14.7 Å². The van der Waals surface area contributed by atoms with Crippen molar-refractivity contribution < 1.29 is 24.2 Å². The number of esters is 2. The average Bonchev–Trinajstić information content (AvgIpc) is 3.36. The third-order valence-electron chi connectivity index (χ3n) is 12.0. The van der Waals surface area contributed by atoms with E-state index in [0.29, 0.717) is 12.8 Å². The number of aliphatic hydroxyl groups excluding tert-OH is 1. The molecular formula is C65H106O5. The van der Waals surface area contributed by atoms with E-state index in [1.54, 1.807) is 0 Å². The molecule has 0 aliphatic heterocycles. The van der Waals surface area contributed by atoms with Crippen LogP contribution < -0.4 is 0 Å². The van der Waals surface area contributed by atoms with Crippen molar-refractivity contribution in [2.45, 2.75) is 251 Å². The Bertz CT molecular complexity index is 1470. The number of aliphatic hydroxyl groups is 1. The van der Waals surface area contributed by atoms with Crippen molar-refractivity contribution >= 4 is 11.9 Å². The molecule has 0 radical (unpaired) electrons. The van der Waals surface area contributed by atoms with Gasteiger partial charge in [-0.2, -0.15) is 0 Å². The third kappa shape index (κ3) is 56.6. The normalized spacial score (nSPS) is 13.2. The summed E-state index contributed by atoms with van der Waals surface area (Å²) >= 11 is 0. The minimum absolute atomic E-state index is 0.0743. The first kappa shape index (κ1) is 66.0. The zero-order valence-corrected chi connectivity index (χ0v) is 45.2. The molecule has 0 rings (SSSR count). The highest BCUT2D eigenvalue weighted by molar-refractivity contribution is 5.70. The van der Waals surface area contributed by atoms with Crippen molar-refractivity contribution in [2.75, 3.05) is 13.2 Å². The summed E-state index contributed by atoms with van der Waals surface area (Å²) in [7, 11) is 0. The Balaban J connectivity index is 3.62. The van der Waals surface area contributed by atoms with Crippen LogP contribution in [-0.4, -0.2) is 36.4 Å². The van der Waals surface area contributed by atoms with Crippen molar-refractivity contribution in [3.63, 3.8) is 0 Å². The molecule has 0 bridgehead atoms. The first-order valence-corrected chi connectivity index (χ1v) is 28.7. The van der Waals surface area contributed by atoms with Crippen LogP contribution in [-0.2, 0) is 19.1 Å². The maximum atomic E-state index is 12.3. The summed E-state index contributed by atoms with van der Waals surface area (Å²) in [5, 5.41) is 9.63. The van der Waals surface area contributed by atoms with Crippen LogP contribution >= 0.6 is 0 Å². The second kappa shape index (κ2) is 59.3. The predicted octanol–water partition coefficient (Wildman–Crippen LogP) is 19.6. The number of unbranched alkanes of at least 4 members (excludes halogenated alkanes) is 21. The number of hydrogen-bond acceptors (Lipinski definition) is 5. The molecule has 0 spiro atoms. The van der Waals surface area contributed by atoms with Gasteiger partial charge in [-0.05, 0) is 96.3 Å². The summed E-state index contributed by atoms with van der Waals surface area (Å²) in [6.07, 6.45) is 88.5. The zero-order valence-electron chi connectivity index (χ0n) is 45.2. The number of allylic oxidation sites excluding steroid dienone is 22. The lowest BCUT2D eigenvalue weighted by Gasteiger charge is -2.15. The number of carbonyl (C=O) groups is 2. The van der Waals surface area contributed by atoms with Gasteiger partial charge in [0.15, 0.2) is 6.10 Å². The molecule has 396 valence electrons. The first-order valence-electron chi connectivity index (χ1n) is 28.7. The van der Waals surface area contributed by atoms with E-state index in [2.05, 4.69) is 148 Å². The van der Waals surface area contributed by atoms with Crippen molar-refractivity contribution in [2.24, 2.45) is 0 Å². The molecule has 5 nitrogen and oxygen atoms in total. The molecular weight excluding hydrogens is 861 g/mol. The number of hydrogen-bond donors (Lipinski definition) is 1. The van der Waals surface area contributed by atoms with Gasteiger partial charge in [0.05, 0.1) is 6.61 Å². The van der Waals surface area contributed by atoms with Gasteiger partial charge in [-0.1, -0.05) is 270 Å². The highest BCUT2D eigenvalue weighted by Gasteiger charge is 2.16. The SMILES string of the molecule is CC/C=C\C/C=C\C/C=C\C/C=C\C/C=C\C/C=C\C/C=C\C/C=C\C/C=C\C/C=C\C/C=C\CCCCCCCCCC(=O)OC(CO)COC(=O)CCCCCCCCCCCCCCCCC. The highest BCUT2D eigenvalue weighted by Crippen LogP contribution is 2.15. The molecule has 0 aromatic heterocycles. The molecule has 0 aromatic rings. The van der Waals surface area contributed by atoms with E-state index in [1.807, 2.05) is 0 Å². The molecule has 0 saturated carbocycles. The van der Waals surface area contributed by atoms with E-state index in [0.717, 1.165) is 116 Å². The third-order valence-corrected chi connectivity index (χ3v) is 12.0. The molecule has 1 unspecified atom stereocenters. The van der Waals surface area contributed by atoms with Crippen molar-refractivity contribution in [1.82, 2.24) is 0 Å². The van der Waals surface area contributed by atoms with Gasteiger partial charge in [0.25, 0.3) is 0 Å². The Morgan fingerprint density at radius 2 is 0.614 bits per heavy atom. The van der Waals surface area contributed by atoms with Crippen LogP contribution in [0.2, 0.25) is 0 Å². The van der Waals surface area contributed by atoms with E-state index in [4.69, 9.17) is 9.47 Å². The second-order valence-electron chi connectivity index (χ2n) is 18.6. The lowest BCUT2D eigenvalue weighted by Crippen LogP contribution is -2.28. The van der Waals surface area contributed by atoms with Crippen LogP contribution in [0, 0.1) is 0 Å². The van der Waals surface area contributed by atoms with Gasteiger partial charge in [-0.3, -0.25) is 9.59 Å². The van der Waals surface area contributed by atoms with Crippen molar-refractivity contribution in [3.05, 3.63) is 134 Å². The zero-order chi connectivity index (χ0) is 50.6. The molecule has 0 fully saturated rings. The van der Waals surface area contributed by atoms with Gasteiger partial charge in [-0.15, -0.1) is 0 Å². The van der Waals surface area contributed by atoms with Crippen molar-refractivity contribution in [3.8, 4) is 0 Å². The standard InChI is InChI=1S/C65H106O5/c1-3-5-7-9-11-13-15-17-19-20-21-22-23-24-25-26-27-28-29-30-31-32-33-34-35-36-37-38-39-40-41-42-43-44-46-48-50-52-54-56-58-60-65(68)70-63(61-66)62-69-64(67)59-57-55-53-51-49-47-45-18-16-14-12-10-8-6-4-2/h5,7,11,13,17,19,21-22,24-25,27-28,30-31,33-34,36-37,39-40,42-43,63,66H,3-4,6,8-10,12,14-16,18,20,23,26,29,32,35,38,41,44-62H2,1-2H3/b7-5-,13-11-,19-17-,22-21-,25-24-,28-27-,31-30-,34-33-,37-36-,40-39-,43-42-. The van der Waals surface area contributed by atoms with Gasteiger partial charge in [-0.25, -0.2) is 0 Å².